The zero-order valence-electron chi connectivity index (χ0n) is 11.1. The van der Waals surface area contributed by atoms with Crippen LogP contribution in [0.3, 0.4) is 0 Å². The Morgan fingerprint density at radius 3 is 1.76 bits per heavy atom. The zero-order chi connectivity index (χ0) is 11.9. The summed E-state index contributed by atoms with van der Waals surface area (Å²) in [7, 11) is 0. The lowest BCUT2D eigenvalue weighted by Crippen LogP contribution is -2.49. The number of nitrogens with zero attached hydrogens (tertiary/aromatic N) is 1. The maximum atomic E-state index is 4.09. The van der Waals surface area contributed by atoms with Crippen LogP contribution in [0.25, 0.3) is 0 Å². The van der Waals surface area contributed by atoms with Crippen molar-refractivity contribution in [2.24, 2.45) is 0 Å². The molecule has 1 radical (unpaired) electrons. The molecule has 0 aromatic carbocycles. The highest BCUT2D eigenvalue weighted by Crippen LogP contribution is 2.11. The van der Waals surface area contributed by atoms with Crippen LogP contribution in [0.5, 0.6) is 0 Å². The Balaban J connectivity index is 1.71. The lowest BCUT2D eigenvalue weighted by molar-refractivity contribution is 0.207. The summed E-state index contributed by atoms with van der Waals surface area (Å²) < 4.78 is 0. The fraction of sp³-hybridized carbons (Fsp3) is 0.929. The van der Waals surface area contributed by atoms with Gasteiger partial charge in [0.1, 0.15) is 0 Å². The number of hydrogen-bond acceptors (Lipinski definition) is 3. The van der Waals surface area contributed by atoms with Crippen LogP contribution in [0.15, 0.2) is 0 Å². The Labute approximate surface area is 106 Å². The number of hydrogen-bond donors (Lipinski definition) is 2. The fourth-order valence-electron chi connectivity index (χ4n) is 3.04. The van der Waals surface area contributed by atoms with Crippen molar-refractivity contribution in [3.8, 4) is 0 Å². The van der Waals surface area contributed by atoms with E-state index in [1.165, 1.54) is 64.7 Å². The molecule has 2 heterocycles. The van der Waals surface area contributed by atoms with Gasteiger partial charge in [0, 0.05) is 25.2 Å². The second kappa shape index (κ2) is 7.34. The summed E-state index contributed by atoms with van der Waals surface area (Å²) in [6.07, 6.45) is 8.17. The van der Waals surface area contributed by atoms with Gasteiger partial charge in [-0.25, -0.2) is 0 Å². The van der Waals surface area contributed by atoms with Gasteiger partial charge in [0.25, 0.3) is 0 Å². The van der Waals surface area contributed by atoms with Crippen molar-refractivity contribution < 1.29 is 0 Å². The maximum absolute atomic E-state index is 4.09. The van der Waals surface area contributed by atoms with Crippen LogP contribution < -0.4 is 10.6 Å². The van der Waals surface area contributed by atoms with E-state index in [9.17, 15) is 0 Å². The molecule has 0 aliphatic carbocycles. The molecule has 2 N–H and O–H groups in total. The Kier molecular flexibility index (Phi) is 5.75. The smallest absolute Gasteiger partial charge is 0.0195 e. The third-order valence-corrected chi connectivity index (χ3v) is 4.10. The topological polar surface area (TPSA) is 27.3 Å². The minimum absolute atomic E-state index is 0.703. The molecule has 0 aromatic rings. The first-order valence-corrected chi connectivity index (χ1v) is 7.37. The summed E-state index contributed by atoms with van der Waals surface area (Å²) in [4.78, 5) is 2.52. The van der Waals surface area contributed by atoms with Gasteiger partial charge in [-0.2, -0.15) is 0 Å². The summed E-state index contributed by atoms with van der Waals surface area (Å²) >= 11 is 0. The third kappa shape index (κ3) is 4.57. The van der Waals surface area contributed by atoms with Crippen LogP contribution in [-0.2, 0) is 0 Å². The van der Waals surface area contributed by atoms with Crippen molar-refractivity contribution in [2.75, 3.05) is 32.7 Å². The summed E-state index contributed by atoms with van der Waals surface area (Å²) in [6.45, 7) is 9.80. The monoisotopic (exact) mass is 238 g/mol. The van der Waals surface area contributed by atoms with Gasteiger partial charge in [-0.1, -0.05) is 12.8 Å². The molecule has 0 aromatic heterocycles. The molecule has 0 spiro atoms. The van der Waals surface area contributed by atoms with Gasteiger partial charge in [0.15, 0.2) is 0 Å². The average Bonchev–Trinajstić information content (AvgIpc) is 2.40. The van der Waals surface area contributed by atoms with Crippen molar-refractivity contribution in [1.82, 2.24) is 15.5 Å². The number of rotatable bonds is 5. The van der Waals surface area contributed by atoms with Gasteiger partial charge in [0.2, 0.25) is 0 Å². The van der Waals surface area contributed by atoms with E-state index in [0.29, 0.717) is 12.1 Å². The third-order valence-electron chi connectivity index (χ3n) is 4.10. The Bertz CT molecular complexity index is 176. The van der Waals surface area contributed by atoms with Gasteiger partial charge in [-0.05, 0) is 52.2 Å². The second-order valence-corrected chi connectivity index (χ2v) is 5.55. The van der Waals surface area contributed by atoms with Crippen molar-refractivity contribution in [1.29, 1.82) is 0 Å². The van der Waals surface area contributed by atoms with E-state index in [2.05, 4.69) is 22.5 Å². The molecule has 3 heteroatoms. The highest BCUT2D eigenvalue weighted by atomic mass is 15.2. The second-order valence-electron chi connectivity index (χ2n) is 5.55. The Hall–Kier alpha value is -0.120. The Morgan fingerprint density at radius 1 is 0.882 bits per heavy atom. The predicted octanol–water partition coefficient (Wildman–Crippen LogP) is 1.41. The van der Waals surface area contributed by atoms with Crippen LogP contribution in [0.4, 0.5) is 0 Å². The summed E-state index contributed by atoms with van der Waals surface area (Å²) in [5.74, 6) is 0. The van der Waals surface area contributed by atoms with E-state index in [1.54, 1.807) is 0 Å². The van der Waals surface area contributed by atoms with E-state index in [1.807, 2.05) is 0 Å². The number of nitrogens with one attached hydrogen (secondary N) is 2. The molecular weight excluding hydrogens is 210 g/mol. The quantitative estimate of drug-likeness (QED) is 0.758. The molecule has 2 atom stereocenters. The SMILES string of the molecule is [CH2]CN(CC1CCCCN1)CC1CCCCN1. The number of piperidine rings is 2. The molecule has 2 rings (SSSR count). The first-order chi connectivity index (χ1) is 8.38. The van der Waals surface area contributed by atoms with E-state index in [0.717, 1.165) is 6.54 Å². The maximum Gasteiger partial charge on any atom is 0.0195 e. The normalized spacial score (nSPS) is 30.7. The lowest BCUT2D eigenvalue weighted by Gasteiger charge is -2.33. The molecule has 0 saturated carbocycles. The van der Waals surface area contributed by atoms with Crippen LogP contribution in [0.2, 0.25) is 0 Å². The molecule has 2 saturated heterocycles. The van der Waals surface area contributed by atoms with Crippen molar-refractivity contribution in [3.05, 3.63) is 6.92 Å². The highest BCUT2D eigenvalue weighted by Gasteiger charge is 2.19. The van der Waals surface area contributed by atoms with Crippen LogP contribution in [0.1, 0.15) is 38.5 Å². The minimum atomic E-state index is 0.703. The Morgan fingerprint density at radius 2 is 1.41 bits per heavy atom. The van der Waals surface area contributed by atoms with Crippen molar-refractivity contribution in [2.45, 2.75) is 50.6 Å². The van der Waals surface area contributed by atoms with Gasteiger partial charge < -0.3 is 15.5 Å². The fourth-order valence-corrected chi connectivity index (χ4v) is 3.04. The van der Waals surface area contributed by atoms with Gasteiger partial charge in [-0.3, -0.25) is 0 Å². The molecule has 17 heavy (non-hydrogen) atoms. The van der Waals surface area contributed by atoms with Gasteiger partial charge in [0.05, 0.1) is 0 Å². The van der Waals surface area contributed by atoms with Gasteiger partial charge >= 0.3 is 0 Å². The molecule has 0 amide bonds. The summed E-state index contributed by atoms with van der Waals surface area (Å²) in [6, 6.07) is 1.41. The average molecular weight is 238 g/mol. The summed E-state index contributed by atoms with van der Waals surface area (Å²) in [5.41, 5.74) is 0. The first kappa shape index (κ1) is 13.3. The molecule has 3 nitrogen and oxygen atoms in total. The van der Waals surface area contributed by atoms with E-state index in [4.69, 9.17) is 0 Å². The largest absolute Gasteiger partial charge is 0.313 e. The molecule has 2 fully saturated rings. The molecule has 2 aliphatic heterocycles. The predicted molar refractivity (Wildman–Crippen MR) is 73.1 cm³/mol. The molecular formula is C14H28N3. The van der Waals surface area contributed by atoms with Crippen LogP contribution >= 0.6 is 0 Å². The van der Waals surface area contributed by atoms with E-state index in [-0.39, 0.29) is 0 Å². The highest BCUT2D eigenvalue weighted by molar-refractivity contribution is 4.81. The summed E-state index contributed by atoms with van der Waals surface area (Å²) in [5, 5.41) is 7.26. The van der Waals surface area contributed by atoms with E-state index >= 15 is 0 Å². The van der Waals surface area contributed by atoms with Crippen molar-refractivity contribution in [3.63, 3.8) is 0 Å². The zero-order valence-corrected chi connectivity index (χ0v) is 11.1. The van der Waals surface area contributed by atoms with E-state index < -0.39 is 0 Å². The van der Waals surface area contributed by atoms with Crippen molar-refractivity contribution >= 4 is 0 Å². The van der Waals surface area contributed by atoms with Crippen LogP contribution in [0, 0.1) is 6.92 Å². The molecule has 99 valence electrons. The van der Waals surface area contributed by atoms with Crippen LogP contribution in [-0.4, -0.2) is 49.7 Å². The first-order valence-electron chi connectivity index (χ1n) is 7.37. The molecule has 0 bridgehead atoms. The lowest BCUT2D eigenvalue weighted by atomic mass is 10.0. The van der Waals surface area contributed by atoms with Gasteiger partial charge in [-0.15, -0.1) is 0 Å². The molecule has 2 unspecified atom stereocenters. The minimum Gasteiger partial charge on any atom is -0.313 e. The standard InChI is InChI=1S/C14H28N3/c1-2-17(11-13-7-3-5-9-15-13)12-14-8-4-6-10-16-14/h13-16H,1-12H2. The molecule has 2 aliphatic rings.